The Hall–Kier alpha value is 0.568. The minimum Gasteiger partial charge on any atom is -0.676 e. The Bertz CT molecular complexity index is 30.5. The zero-order chi connectivity index (χ0) is 5.54. The van der Waals surface area contributed by atoms with E-state index in [1.54, 1.807) is 0 Å². The molecule has 0 bridgehead atoms. The summed E-state index contributed by atoms with van der Waals surface area (Å²) in [7, 11) is 0. The molecule has 0 atom stereocenters. The van der Waals surface area contributed by atoms with E-state index in [1.165, 1.54) is 0 Å². The maximum absolute atomic E-state index is 6.68. The fourth-order valence-electron chi connectivity index (χ4n) is 0.315. The molecule has 0 saturated heterocycles. The predicted molar refractivity (Wildman–Crippen MR) is 31.1 cm³/mol. The third-order valence-electron chi connectivity index (χ3n) is 0.623. The first kappa shape index (κ1) is 11.4. The molecule has 0 aromatic heterocycles. The molecule has 0 aromatic rings. The van der Waals surface area contributed by atoms with E-state index in [4.69, 9.17) is 11.5 Å². The number of hydrogen-bond acceptors (Lipinski definition) is 2. The van der Waals surface area contributed by atoms with Crippen LogP contribution in [0.25, 0.3) is 5.73 Å². The quantitative estimate of drug-likeness (QED) is 0.693. The molecule has 54 valence electrons. The van der Waals surface area contributed by atoms with Crippen molar-refractivity contribution in [2.45, 2.75) is 0 Å². The normalized spacial score (nSPS) is 8.25. The third kappa shape index (κ3) is 9.76. The van der Waals surface area contributed by atoms with E-state index in [9.17, 15) is 0 Å². The molecule has 0 saturated carbocycles. The molecular formula is C4H12N3Pt-. The molecule has 3 nitrogen and oxygen atoms in total. The van der Waals surface area contributed by atoms with Gasteiger partial charge in [0.05, 0.1) is 0 Å². The van der Waals surface area contributed by atoms with Crippen LogP contribution in [-0.4, -0.2) is 26.2 Å². The van der Waals surface area contributed by atoms with Gasteiger partial charge in [-0.15, -0.1) is 6.54 Å². The minimum atomic E-state index is 0. The fourth-order valence-corrected chi connectivity index (χ4v) is 0.315. The summed E-state index contributed by atoms with van der Waals surface area (Å²) in [5.41, 5.74) is 11.8. The van der Waals surface area contributed by atoms with Crippen LogP contribution in [0.1, 0.15) is 0 Å². The van der Waals surface area contributed by atoms with Gasteiger partial charge in [0.15, 0.2) is 0 Å². The summed E-state index contributed by atoms with van der Waals surface area (Å²) >= 11 is 0. The average Bonchev–Trinajstić information content (AvgIpc) is 1.69. The SMILES string of the molecule is [NH-]CCNCCN.[Pt]. The van der Waals surface area contributed by atoms with E-state index in [1.807, 2.05) is 0 Å². The van der Waals surface area contributed by atoms with Crippen LogP contribution in [0.15, 0.2) is 0 Å². The molecule has 0 spiro atoms. The fraction of sp³-hybridized carbons (Fsp3) is 1.00. The van der Waals surface area contributed by atoms with Crippen molar-refractivity contribution in [2.75, 3.05) is 26.2 Å². The van der Waals surface area contributed by atoms with Gasteiger partial charge in [-0.05, 0) is 6.54 Å². The van der Waals surface area contributed by atoms with Crippen molar-refractivity contribution in [3.05, 3.63) is 5.73 Å². The van der Waals surface area contributed by atoms with Gasteiger partial charge in [0.25, 0.3) is 0 Å². The molecular weight excluding hydrogens is 285 g/mol. The van der Waals surface area contributed by atoms with Crippen LogP contribution in [-0.2, 0) is 21.1 Å². The summed E-state index contributed by atoms with van der Waals surface area (Å²) in [5, 5.41) is 2.97. The molecule has 4 heteroatoms. The molecule has 0 amide bonds. The third-order valence-corrected chi connectivity index (χ3v) is 0.623. The molecule has 0 radical (unpaired) electrons. The predicted octanol–water partition coefficient (Wildman–Crippen LogP) is -0.416. The van der Waals surface area contributed by atoms with Gasteiger partial charge in [-0.1, -0.05) is 0 Å². The van der Waals surface area contributed by atoms with Crippen molar-refractivity contribution in [3.8, 4) is 0 Å². The Morgan fingerprint density at radius 1 is 1.38 bits per heavy atom. The van der Waals surface area contributed by atoms with Crippen LogP contribution >= 0.6 is 0 Å². The van der Waals surface area contributed by atoms with Gasteiger partial charge >= 0.3 is 0 Å². The first-order valence-corrected chi connectivity index (χ1v) is 2.47. The van der Waals surface area contributed by atoms with Gasteiger partial charge in [0.1, 0.15) is 0 Å². The number of rotatable bonds is 4. The van der Waals surface area contributed by atoms with Gasteiger partial charge in [-0.3, -0.25) is 0 Å². The van der Waals surface area contributed by atoms with Crippen molar-refractivity contribution in [1.29, 1.82) is 0 Å². The first-order valence-electron chi connectivity index (χ1n) is 2.47. The molecule has 0 aliphatic rings. The van der Waals surface area contributed by atoms with Crippen LogP contribution in [0.4, 0.5) is 0 Å². The summed E-state index contributed by atoms with van der Waals surface area (Å²) in [6, 6.07) is 0. The molecule has 0 rings (SSSR count). The number of nitrogens with one attached hydrogen (secondary N) is 2. The van der Waals surface area contributed by atoms with Crippen LogP contribution < -0.4 is 11.1 Å². The summed E-state index contributed by atoms with van der Waals surface area (Å²) in [4.78, 5) is 0. The van der Waals surface area contributed by atoms with E-state index < -0.39 is 0 Å². The summed E-state index contributed by atoms with van der Waals surface area (Å²) in [6.45, 7) is 2.70. The van der Waals surface area contributed by atoms with E-state index in [0.29, 0.717) is 13.1 Å². The van der Waals surface area contributed by atoms with Crippen molar-refractivity contribution in [3.63, 3.8) is 0 Å². The maximum Gasteiger partial charge on any atom is 0.00737 e. The number of hydrogen-bond donors (Lipinski definition) is 2. The second-order valence-electron chi connectivity index (χ2n) is 1.29. The van der Waals surface area contributed by atoms with Crippen LogP contribution in [0.5, 0.6) is 0 Å². The molecule has 0 aliphatic carbocycles. The van der Waals surface area contributed by atoms with Gasteiger partial charge < -0.3 is 16.8 Å². The Morgan fingerprint density at radius 2 is 2.00 bits per heavy atom. The van der Waals surface area contributed by atoms with E-state index in [-0.39, 0.29) is 21.1 Å². The van der Waals surface area contributed by atoms with Gasteiger partial charge in [-0.25, -0.2) is 0 Å². The second-order valence-corrected chi connectivity index (χ2v) is 1.29. The average molecular weight is 297 g/mol. The minimum absolute atomic E-state index is 0. The summed E-state index contributed by atoms with van der Waals surface area (Å²) in [6.07, 6.45) is 0. The largest absolute Gasteiger partial charge is 0.676 e. The number of nitrogens with two attached hydrogens (primary N) is 1. The molecule has 4 N–H and O–H groups in total. The molecule has 0 heterocycles. The second kappa shape index (κ2) is 10.5. The Morgan fingerprint density at radius 3 is 2.38 bits per heavy atom. The van der Waals surface area contributed by atoms with Crippen molar-refractivity contribution >= 4 is 0 Å². The topological polar surface area (TPSA) is 61.8 Å². The summed E-state index contributed by atoms with van der Waals surface area (Å²) < 4.78 is 0. The van der Waals surface area contributed by atoms with E-state index >= 15 is 0 Å². The molecule has 0 fully saturated rings. The van der Waals surface area contributed by atoms with E-state index in [0.717, 1.165) is 13.1 Å². The molecule has 0 aromatic carbocycles. The summed E-state index contributed by atoms with van der Waals surface area (Å²) in [5.74, 6) is 0. The van der Waals surface area contributed by atoms with Gasteiger partial charge in [-0.2, -0.15) is 0 Å². The zero-order valence-corrected chi connectivity index (χ0v) is 6.99. The first-order chi connectivity index (χ1) is 3.41. The van der Waals surface area contributed by atoms with Gasteiger partial charge in [0, 0.05) is 34.2 Å². The Labute approximate surface area is 64.5 Å². The monoisotopic (exact) mass is 297 g/mol. The van der Waals surface area contributed by atoms with Crippen molar-refractivity contribution in [2.24, 2.45) is 5.73 Å². The molecule has 0 unspecified atom stereocenters. The van der Waals surface area contributed by atoms with Crippen LogP contribution in [0.3, 0.4) is 0 Å². The Balaban J connectivity index is 0. The van der Waals surface area contributed by atoms with Crippen molar-refractivity contribution < 1.29 is 21.1 Å². The van der Waals surface area contributed by atoms with Crippen LogP contribution in [0.2, 0.25) is 0 Å². The smallest absolute Gasteiger partial charge is 0.00737 e. The zero-order valence-electron chi connectivity index (χ0n) is 4.72. The van der Waals surface area contributed by atoms with Crippen LogP contribution in [0, 0.1) is 0 Å². The maximum atomic E-state index is 6.68. The van der Waals surface area contributed by atoms with E-state index in [2.05, 4.69) is 5.32 Å². The van der Waals surface area contributed by atoms with Gasteiger partial charge in [0.2, 0.25) is 0 Å². The molecule has 0 aliphatic heterocycles. The Kier molecular flexibility index (Phi) is 15.0. The standard InChI is InChI=1S/C4H12N3.Pt/c5-1-3-7-4-2-6;/h5,7H,1-4,6H2;/q-1;. The van der Waals surface area contributed by atoms with Crippen molar-refractivity contribution in [1.82, 2.24) is 5.32 Å². The molecule has 8 heavy (non-hydrogen) atoms.